The molecular weight excluding hydrogens is 326 g/mol. The molecule has 1 aliphatic rings. The Kier molecular flexibility index (Phi) is 5.99. The molecule has 132 valence electrons. The van der Waals surface area contributed by atoms with Crippen LogP contribution < -0.4 is 10.6 Å². The number of hydrogen-bond donors (Lipinski definition) is 2. The molecule has 7 heteroatoms. The maximum Gasteiger partial charge on any atom is 0.286 e. The number of amides is 1. The molecule has 1 aromatic carbocycles. The van der Waals surface area contributed by atoms with Crippen LogP contribution in [-0.2, 0) is 14.8 Å². The minimum Gasteiger partial charge on any atom is -0.356 e. The second kappa shape index (κ2) is 7.79. The van der Waals surface area contributed by atoms with Gasteiger partial charge in [0.15, 0.2) is 0 Å². The van der Waals surface area contributed by atoms with Gasteiger partial charge in [0.25, 0.3) is 10.0 Å². The molecule has 0 spiro atoms. The number of nitrogens with zero attached hydrogens (tertiary/aromatic N) is 1. The minimum absolute atomic E-state index is 0.00392. The summed E-state index contributed by atoms with van der Waals surface area (Å²) in [5.41, 5.74) is 0.538. The van der Waals surface area contributed by atoms with Crippen LogP contribution in [0.2, 0.25) is 0 Å². The van der Waals surface area contributed by atoms with Crippen molar-refractivity contribution >= 4 is 27.5 Å². The van der Waals surface area contributed by atoms with E-state index in [4.69, 9.17) is 0 Å². The first-order valence-electron chi connectivity index (χ1n) is 8.24. The van der Waals surface area contributed by atoms with Crippen molar-refractivity contribution in [2.75, 3.05) is 11.9 Å². The number of fused-ring (bicyclic) bond motifs is 1. The maximum absolute atomic E-state index is 12.2. The second-order valence-electron chi connectivity index (χ2n) is 6.68. The van der Waals surface area contributed by atoms with E-state index in [1.807, 2.05) is 6.92 Å². The van der Waals surface area contributed by atoms with E-state index in [-0.39, 0.29) is 16.7 Å². The van der Waals surface area contributed by atoms with Crippen LogP contribution in [0.15, 0.2) is 33.6 Å². The molecule has 24 heavy (non-hydrogen) atoms. The Bertz CT molecular complexity index is 726. The summed E-state index contributed by atoms with van der Waals surface area (Å²) in [6.45, 7) is 6.81. The molecule has 0 saturated carbocycles. The summed E-state index contributed by atoms with van der Waals surface area (Å²) in [6.07, 6.45) is 1.70. The molecule has 1 heterocycles. The Morgan fingerprint density at radius 3 is 2.67 bits per heavy atom. The van der Waals surface area contributed by atoms with Crippen molar-refractivity contribution in [1.82, 2.24) is 5.32 Å². The van der Waals surface area contributed by atoms with E-state index in [0.717, 1.165) is 6.42 Å². The van der Waals surface area contributed by atoms with E-state index in [1.165, 1.54) is 6.07 Å². The molecule has 0 aliphatic carbocycles. The Balaban J connectivity index is 1.92. The first-order chi connectivity index (χ1) is 11.3. The van der Waals surface area contributed by atoms with E-state index in [0.29, 0.717) is 36.8 Å². The molecular formula is C17H25N3O3S. The molecule has 1 atom stereocenters. The van der Waals surface area contributed by atoms with Crippen LogP contribution in [0.4, 0.5) is 5.69 Å². The molecule has 1 unspecified atom stereocenters. The molecule has 0 saturated heterocycles. The fourth-order valence-electron chi connectivity index (χ4n) is 2.55. The van der Waals surface area contributed by atoms with Gasteiger partial charge in [-0.1, -0.05) is 32.9 Å². The van der Waals surface area contributed by atoms with Gasteiger partial charge in [0.2, 0.25) is 5.91 Å². The van der Waals surface area contributed by atoms with Crippen molar-refractivity contribution in [2.24, 2.45) is 16.2 Å². The Labute approximate surface area is 143 Å². The SMILES string of the molecule is CC(C)CCNC(=O)CC(C)CC1=NS(=O)(=O)c2ccccc2N1. The van der Waals surface area contributed by atoms with Gasteiger partial charge >= 0.3 is 0 Å². The van der Waals surface area contributed by atoms with Gasteiger partial charge in [0.1, 0.15) is 10.7 Å². The lowest BCUT2D eigenvalue weighted by molar-refractivity contribution is -0.121. The molecule has 1 aromatic rings. The topological polar surface area (TPSA) is 87.6 Å². The Morgan fingerprint density at radius 2 is 1.96 bits per heavy atom. The number of sulfonamides is 1. The molecule has 0 fully saturated rings. The van der Waals surface area contributed by atoms with Crippen molar-refractivity contribution < 1.29 is 13.2 Å². The minimum atomic E-state index is -3.66. The highest BCUT2D eigenvalue weighted by molar-refractivity contribution is 7.90. The molecule has 2 N–H and O–H groups in total. The number of para-hydroxylation sites is 1. The summed E-state index contributed by atoms with van der Waals surface area (Å²) in [5, 5.41) is 5.95. The summed E-state index contributed by atoms with van der Waals surface area (Å²) in [5.74, 6) is 0.920. The first-order valence-corrected chi connectivity index (χ1v) is 9.68. The molecule has 0 aromatic heterocycles. The fraction of sp³-hybridized carbons (Fsp3) is 0.529. The highest BCUT2D eigenvalue weighted by Crippen LogP contribution is 2.28. The molecule has 1 aliphatic heterocycles. The number of benzene rings is 1. The van der Waals surface area contributed by atoms with Gasteiger partial charge in [0.05, 0.1) is 5.69 Å². The van der Waals surface area contributed by atoms with E-state index in [1.54, 1.807) is 18.2 Å². The Hall–Kier alpha value is -1.89. The zero-order valence-electron chi connectivity index (χ0n) is 14.4. The van der Waals surface area contributed by atoms with Gasteiger partial charge in [-0.2, -0.15) is 8.42 Å². The molecule has 0 bridgehead atoms. The van der Waals surface area contributed by atoms with Crippen LogP contribution in [0.5, 0.6) is 0 Å². The van der Waals surface area contributed by atoms with Crippen molar-refractivity contribution in [3.05, 3.63) is 24.3 Å². The maximum atomic E-state index is 12.2. The lowest BCUT2D eigenvalue weighted by Crippen LogP contribution is -2.29. The van der Waals surface area contributed by atoms with Crippen LogP contribution in [0.25, 0.3) is 0 Å². The van der Waals surface area contributed by atoms with Gasteiger partial charge in [-0.3, -0.25) is 4.79 Å². The zero-order valence-corrected chi connectivity index (χ0v) is 15.2. The summed E-state index contributed by atoms with van der Waals surface area (Å²) in [4.78, 5) is 12.1. The Morgan fingerprint density at radius 1 is 1.25 bits per heavy atom. The number of carbonyl (C=O) groups excluding carboxylic acids is 1. The number of rotatable bonds is 7. The van der Waals surface area contributed by atoms with E-state index in [2.05, 4.69) is 28.9 Å². The smallest absolute Gasteiger partial charge is 0.286 e. The largest absolute Gasteiger partial charge is 0.356 e. The number of hydrogen-bond acceptors (Lipinski definition) is 4. The predicted octanol–water partition coefficient (Wildman–Crippen LogP) is 2.78. The third-order valence-corrected chi connectivity index (χ3v) is 5.17. The van der Waals surface area contributed by atoms with E-state index < -0.39 is 10.0 Å². The van der Waals surface area contributed by atoms with Crippen LogP contribution in [0.1, 0.15) is 40.0 Å². The monoisotopic (exact) mass is 351 g/mol. The molecule has 0 radical (unpaired) electrons. The quantitative estimate of drug-likeness (QED) is 0.791. The van der Waals surface area contributed by atoms with Gasteiger partial charge in [-0.15, -0.1) is 4.40 Å². The highest BCUT2D eigenvalue weighted by atomic mass is 32.2. The first kappa shape index (κ1) is 18.4. The van der Waals surface area contributed by atoms with Crippen LogP contribution in [-0.4, -0.2) is 26.7 Å². The summed E-state index contributed by atoms with van der Waals surface area (Å²) >= 11 is 0. The molecule has 2 rings (SSSR count). The molecule has 1 amide bonds. The third-order valence-electron chi connectivity index (χ3n) is 3.79. The lowest BCUT2D eigenvalue weighted by atomic mass is 10.0. The average molecular weight is 351 g/mol. The second-order valence-corrected chi connectivity index (χ2v) is 8.25. The predicted molar refractivity (Wildman–Crippen MR) is 95.5 cm³/mol. The van der Waals surface area contributed by atoms with Crippen molar-refractivity contribution in [3.8, 4) is 0 Å². The van der Waals surface area contributed by atoms with Gasteiger partial charge < -0.3 is 10.6 Å². The summed E-state index contributed by atoms with van der Waals surface area (Å²) in [7, 11) is -3.66. The number of amidine groups is 1. The standard InChI is InChI=1S/C17H25N3O3S/c1-12(2)8-9-18-17(21)11-13(3)10-16-19-14-6-4-5-7-15(14)24(22,23)20-16/h4-7,12-13H,8-11H2,1-3H3,(H,18,21)(H,19,20). The fourth-order valence-corrected chi connectivity index (χ4v) is 3.70. The highest BCUT2D eigenvalue weighted by Gasteiger charge is 2.25. The number of nitrogens with one attached hydrogen (secondary N) is 2. The molecule has 6 nitrogen and oxygen atoms in total. The number of carbonyl (C=O) groups is 1. The third kappa shape index (κ3) is 5.06. The van der Waals surface area contributed by atoms with Gasteiger partial charge in [-0.05, 0) is 30.4 Å². The zero-order chi connectivity index (χ0) is 17.7. The van der Waals surface area contributed by atoms with Gasteiger partial charge in [0, 0.05) is 19.4 Å². The van der Waals surface area contributed by atoms with Crippen LogP contribution in [0.3, 0.4) is 0 Å². The number of anilines is 1. The van der Waals surface area contributed by atoms with Gasteiger partial charge in [-0.25, -0.2) is 0 Å². The normalized spacial score (nSPS) is 16.8. The van der Waals surface area contributed by atoms with Crippen LogP contribution >= 0.6 is 0 Å². The summed E-state index contributed by atoms with van der Waals surface area (Å²) < 4.78 is 28.2. The van der Waals surface area contributed by atoms with E-state index in [9.17, 15) is 13.2 Å². The van der Waals surface area contributed by atoms with Crippen molar-refractivity contribution in [2.45, 2.75) is 44.9 Å². The average Bonchev–Trinajstić information content (AvgIpc) is 2.45. The van der Waals surface area contributed by atoms with Crippen LogP contribution in [0, 0.1) is 11.8 Å². The lowest BCUT2D eigenvalue weighted by Gasteiger charge is -2.20. The summed E-state index contributed by atoms with van der Waals surface area (Å²) in [6, 6.07) is 6.69. The van der Waals surface area contributed by atoms with Crippen molar-refractivity contribution in [1.29, 1.82) is 0 Å². The van der Waals surface area contributed by atoms with Crippen molar-refractivity contribution in [3.63, 3.8) is 0 Å². The van der Waals surface area contributed by atoms with E-state index >= 15 is 0 Å².